The van der Waals surface area contributed by atoms with Crippen LogP contribution in [0.4, 0.5) is 5.95 Å². The van der Waals surface area contributed by atoms with E-state index < -0.39 is 11.9 Å². The van der Waals surface area contributed by atoms with Gasteiger partial charge in [-0.05, 0) is 19.9 Å². The Bertz CT molecular complexity index is 633. The van der Waals surface area contributed by atoms with Crippen LogP contribution in [0.2, 0.25) is 0 Å². The summed E-state index contributed by atoms with van der Waals surface area (Å²) >= 11 is 0.954. The van der Waals surface area contributed by atoms with E-state index in [4.69, 9.17) is 5.11 Å². The summed E-state index contributed by atoms with van der Waals surface area (Å²) in [5, 5.41) is 12.6. The number of aryl methyl sites for hydroxylation is 2. The maximum Gasteiger partial charge on any atom is 0.355 e. The van der Waals surface area contributed by atoms with Gasteiger partial charge in [0.25, 0.3) is 5.91 Å². The molecular weight excluding hydrogens is 268 g/mol. The van der Waals surface area contributed by atoms with E-state index >= 15 is 0 Å². The third-order valence-electron chi connectivity index (χ3n) is 2.13. The van der Waals surface area contributed by atoms with Gasteiger partial charge in [-0.3, -0.25) is 10.1 Å². The molecule has 1 amide bonds. The van der Waals surface area contributed by atoms with Gasteiger partial charge in [0, 0.05) is 16.8 Å². The van der Waals surface area contributed by atoms with Crippen molar-refractivity contribution in [1.29, 1.82) is 0 Å². The van der Waals surface area contributed by atoms with E-state index in [1.165, 1.54) is 5.38 Å². The number of carbonyl (C=O) groups excluding carboxylic acids is 1. The largest absolute Gasteiger partial charge is 0.476 e. The fourth-order valence-electron chi connectivity index (χ4n) is 1.41. The molecule has 0 saturated carbocycles. The molecule has 19 heavy (non-hydrogen) atoms. The zero-order chi connectivity index (χ0) is 14.0. The van der Waals surface area contributed by atoms with Crippen LogP contribution in [0.5, 0.6) is 0 Å². The Hall–Kier alpha value is -2.35. The summed E-state index contributed by atoms with van der Waals surface area (Å²) in [7, 11) is 0. The number of amides is 1. The molecule has 7 nitrogen and oxygen atoms in total. The molecule has 0 atom stereocenters. The third-order valence-corrected chi connectivity index (χ3v) is 2.97. The van der Waals surface area contributed by atoms with E-state index in [2.05, 4.69) is 20.3 Å². The number of carboxylic acids is 1. The summed E-state index contributed by atoms with van der Waals surface area (Å²) in [5.41, 5.74) is 1.30. The van der Waals surface area contributed by atoms with Gasteiger partial charge in [0.1, 0.15) is 0 Å². The van der Waals surface area contributed by atoms with Crippen LogP contribution in [-0.2, 0) is 0 Å². The predicted octanol–water partition coefficient (Wildman–Crippen LogP) is 1.50. The molecular formula is C11H10N4O3S. The Morgan fingerprint density at radius 3 is 2.37 bits per heavy atom. The number of carbonyl (C=O) groups is 2. The number of thiazole rings is 1. The molecule has 0 unspecified atom stereocenters. The first kappa shape index (κ1) is 13.1. The van der Waals surface area contributed by atoms with Gasteiger partial charge in [0.2, 0.25) is 5.95 Å². The monoisotopic (exact) mass is 278 g/mol. The number of aromatic nitrogens is 3. The fraction of sp³-hybridized carbons (Fsp3) is 0.182. The number of carboxylic acid groups (broad SMARTS) is 1. The standard InChI is InChI=1S/C11H10N4O3S/c1-5-3-6(2)13-11(12-5)15-8(16)9-14-7(4-19-9)10(17)18/h3-4H,1-2H3,(H,17,18)(H,12,13,15,16). The van der Waals surface area contributed by atoms with Crippen molar-refractivity contribution in [2.45, 2.75) is 13.8 Å². The number of rotatable bonds is 3. The highest BCUT2D eigenvalue weighted by Gasteiger charge is 2.15. The van der Waals surface area contributed by atoms with Crippen molar-refractivity contribution in [1.82, 2.24) is 15.0 Å². The van der Waals surface area contributed by atoms with Crippen LogP contribution in [0.15, 0.2) is 11.4 Å². The van der Waals surface area contributed by atoms with E-state index in [0.29, 0.717) is 0 Å². The molecule has 2 rings (SSSR count). The smallest absolute Gasteiger partial charge is 0.355 e. The SMILES string of the molecule is Cc1cc(C)nc(NC(=O)c2nc(C(=O)O)cs2)n1. The maximum absolute atomic E-state index is 11.8. The summed E-state index contributed by atoms with van der Waals surface area (Å²) in [6.45, 7) is 3.58. The number of nitrogens with one attached hydrogen (secondary N) is 1. The topological polar surface area (TPSA) is 105 Å². The first-order chi connectivity index (χ1) is 8.95. The molecule has 2 N–H and O–H groups in total. The summed E-state index contributed by atoms with van der Waals surface area (Å²) in [6.07, 6.45) is 0. The van der Waals surface area contributed by atoms with Crippen molar-refractivity contribution in [3.8, 4) is 0 Å². The lowest BCUT2D eigenvalue weighted by atomic mass is 10.4. The van der Waals surface area contributed by atoms with Gasteiger partial charge >= 0.3 is 5.97 Å². The van der Waals surface area contributed by atoms with Crippen LogP contribution in [0.1, 0.15) is 31.7 Å². The van der Waals surface area contributed by atoms with Crippen molar-refractivity contribution >= 4 is 29.2 Å². The third kappa shape index (κ3) is 3.10. The molecule has 98 valence electrons. The molecule has 0 aliphatic carbocycles. The first-order valence-electron chi connectivity index (χ1n) is 5.28. The van der Waals surface area contributed by atoms with E-state index in [0.717, 1.165) is 22.7 Å². The maximum atomic E-state index is 11.8. The second kappa shape index (κ2) is 5.11. The Labute approximate surface area is 112 Å². The summed E-state index contributed by atoms with van der Waals surface area (Å²) < 4.78 is 0. The van der Waals surface area contributed by atoms with Crippen LogP contribution in [0.3, 0.4) is 0 Å². The zero-order valence-electron chi connectivity index (χ0n) is 10.2. The quantitative estimate of drug-likeness (QED) is 0.881. The molecule has 0 aliphatic heterocycles. The van der Waals surface area contributed by atoms with Gasteiger partial charge in [0.05, 0.1) is 0 Å². The van der Waals surface area contributed by atoms with Crippen LogP contribution >= 0.6 is 11.3 Å². The minimum Gasteiger partial charge on any atom is -0.476 e. The van der Waals surface area contributed by atoms with Gasteiger partial charge in [-0.1, -0.05) is 0 Å². The van der Waals surface area contributed by atoms with Gasteiger partial charge < -0.3 is 5.11 Å². The van der Waals surface area contributed by atoms with E-state index in [9.17, 15) is 9.59 Å². The number of aromatic carboxylic acids is 1. The summed E-state index contributed by atoms with van der Waals surface area (Å²) in [5.74, 6) is -1.52. The lowest BCUT2D eigenvalue weighted by molar-refractivity contribution is 0.0691. The second-order valence-electron chi connectivity index (χ2n) is 3.77. The minimum absolute atomic E-state index is 0.0557. The average molecular weight is 278 g/mol. The highest BCUT2D eigenvalue weighted by Crippen LogP contribution is 2.12. The van der Waals surface area contributed by atoms with E-state index in [1.54, 1.807) is 19.9 Å². The van der Waals surface area contributed by atoms with Gasteiger partial charge in [-0.2, -0.15) is 0 Å². The predicted molar refractivity (Wildman–Crippen MR) is 68.5 cm³/mol. The van der Waals surface area contributed by atoms with Gasteiger partial charge in [0.15, 0.2) is 10.7 Å². The summed E-state index contributed by atoms with van der Waals surface area (Å²) in [4.78, 5) is 34.3. The van der Waals surface area contributed by atoms with Crippen molar-refractivity contribution in [3.63, 3.8) is 0 Å². The zero-order valence-corrected chi connectivity index (χ0v) is 11.0. The number of nitrogens with zero attached hydrogens (tertiary/aromatic N) is 3. The van der Waals surface area contributed by atoms with Crippen LogP contribution < -0.4 is 5.32 Å². The van der Waals surface area contributed by atoms with Crippen LogP contribution in [0.25, 0.3) is 0 Å². The lowest BCUT2D eigenvalue weighted by Crippen LogP contribution is -2.15. The summed E-state index contributed by atoms with van der Waals surface area (Å²) in [6, 6.07) is 1.78. The second-order valence-corrected chi connectivity index (χ2v) is 4.63. The Kier molecular flexibility index (Phi) is 3.52. The molecule has 0 aromatic carbocycles. The van der Waals surface area contributed by atoms with Crippen molar-refractivity contribution < 1.29 is 14.7 Å². The van der Waals surface area contributed by atoms with Gasteiger partial charge in [-0.25, -0.2) is 19.7 Å². The van der Waals surface area contributed by atoms with Crippen molar-refractivity contribution in [3.05, 3.63) is 33.5 Å². The number of hydrogen-bond acceptors (Lipinski definition) is 6. The molecule has 0 bridgehead atoms. The van der Waals surface area contributed by atoms with E-state index in [-0.39, 0.29) is 16.6 Å². The molecule has 0 fully saturated rings. The highest BCUT2D eigenvalue weighted by molar-refractivity contribution is 7.12. The molecule has 0 spiro atoms. The molecule has 8 heteroatoms. The number of anilines is 1. The van der Waals surface area contributed by atoms with Crippen molar-refractivity contribution in [2.24, 2.45) is 0 Å². The van der Waals surface area contributed by atoms with E-state index in [1.807, 2.05) is 0 Å². The molecule has 0 aliphatic rings. The number of hydrogen-bond donors (Lipinski definition) is 2. The van der Waals surface area contributed by atoms with Crippen molar-refractivity contribution in [2.75, 3.05) is 5.32 Å². The Balaban J connectivity index is 2.18. The minimum atomic E-state index is -1.17. The molecule has 2 aromatic rings. The van der Waals surface area contributed by atoms with Crippen LogP contribution in [-0.4, -0.2) is 31.9 Å². The average Bonchev–Trinajstić information content (AvgIpc) is 2.76. The molecule has 0 radical (unpaired) electrons. The van der Waals surface area contributed by atoms with Gasteiger partial charge in [-0.15, -0.1) is 11.3 Å². The normalized spacial score (nSPS) is 10.2. The molecule has 2 aromatic heterocycles. The Morgan fingerprint density at radius 1 is 1.21 bits per heavy atom. The Morgan fingerprint density at radius 2 is 1.84 bits per heavy atom. The lowest BCUT2D eigenvalue weighted by Gasteiger charge is -2.03. The molecule has 0 saturated heterocycles. The van der Waals surface area contributed by atoms with Crippen LogP contribution in [0, 0.1) is 13.8 Å². The highest BCUT2D eigenvalue weighted by atomic mass is 32.1. The molecule has 2 heterocycles. The first-order valence-corrected chi connectivity index (χ1v) is 6.16. The fourth-order valence-corrected chi connectivity index (χ4v) is 2.10.